The summed E-state index contributed by atoms with van der Waals surface area (Å²) < 4.78 is 34.2. The number of nitrogens with one attached hydrogen (secondary N) is 1. The molecule has 28 heavy (non-hydrogen) atoms. The fraction of sp³-hybridized carbons (Fsp3) is 0.263. The standard InChI is InChI=1S/C19H19ClFNO6/c1-25-15-8-17(27-3)16(26-2)6-11(15)9-22-18(23)10-28-19(24)13-5-4-12(20)7-14(13)21/h4-8H,9-10H2,1-3H3,(H,22,23). The highest BCUT2D eigenvalue weighted by Gasteiger charge is 2.16. The number of ether oxygens (including phenoxy) is 4. The van der Waals surface area contributed by atoms with Crippen molar-refractivity contribution in [2.24, 2.45) is 0 Å². The van der Waals surface area contributed by atoms with Crippen LogP contribution in [-0.2, 0) is 16.1 Å². The number of hydrogen-bond acceptors (Lipinski definition) is 6. The number of carbonyl (C=O) groups excluding carboxylic acids is 2. The number of rotatable bonds is 8. The average Bonchev–Trinajstić information content (AvgIpc) is 2.69. The van der Waals surface area contributed by atoms with E-state index in [1.807, 2.05) is 0 Å². The number of esters is 1. The van der Waals surface area contributed by atoms with E-state index in [4.69, 9.17) is 30.5 Å². The van der Waals surface area contributed by atoms with Gasteiger partial charge in [0.2, 0.25) is 0 Å². The van der Waals surface area contributed by atoms with Gasteiger partial charge in [0.1, 0.15) is 11.6 Å². The Balaban J connectivity index is 1.96. The van der Waals surface area contributed by atoms with E-state index in [1.54, 1.807) is 12.1 Å². The summed E-state index contributed by atoms with van der Waals surface area (Å²) >= 11 is 5.63. The van der Waals surface area contributed by atoms with Gasteiger partial charge in [-0.25, -0.2) is 9.18 Å². The molecule has 0 saturated carbocycles. The predicted octanol–water partition coefficient (Wildman–Crippen LogP) is 2.98. The van der Waals surface area contributed by atoms with Gasteiger partial charge in [0.05, 0.1) is 26.9 Å². The summed E-state index contributed by atoms with van der Waals surface area (Å²) in [4.78, 5) is 23.8. The fourth-order valence-electron chi connectivity index (χ4n) is 2.34. The van der Waals surface area contributed by atoms with E-state index in [9.17, 15) is 14.0 Å². The topological polar surface area (TPSA) is 83.1 Å². The van der Waals surface area contributed by atoms with Crippen molar-refractivity contribution in [1.82, 2.24) is 5.32 Å². The number of hydrogen-bond donors (Lipinski definition) is 1. The minimum absolute atomic E-state index is 0.0925. The molecule has 150 valence electrons. The van der Waals surface area contributed by atoms with Crippen LogP contribution >= 0.6 is 11.6 Å². The molecule has 0 fully saturated rings. The molecular weight excluding hydrogens is 393 g/mol. The Morgan fingerprint density at radius 2 is 1.64 bits per heavy atom. The molecule has 0 radical (unpaired) electrons. The van der Waals surface area contributed by atoms with Crippen LogP contribution in [0.4, 0.5) is 4.39 Å². The quantitative estimate of drug-likeness (QED) is 0.672. The maximum atomic E-state index is 13.7. The summed E-state index contributed by atoms with van der Waals surface area (Å²) in [5.74, 6) is -0.927. The van der Waals surface area contributed by atoms with Crippen LogP contribution in [0.2, 0.25) is 5.02 Å². The Morgan fingerprint density at radius 1 is 1.00 bits per heavy atom. The normalized spacial score (nSPS) is 10.2. The third-order valence-electron chi connectivity index (χ3n) is 3.75. The molecule has 1 N–H and O–H groups in total. The van der Waals surface area contributed by atoms with Crippen LogP contribution in [0.15, 0.2) is 30.3 Å². The van der Waals surface area contributed by atoms with E-state index in [-0.39, 0.29) is 17.1 Å². The molecule has 0 atom stereocenters. The van der Waals surface area contributed by atoms with Crippen LogP contribution < -0.4 is 19.5 Å². The summed E-state index contributed by atoms with van der Waals surface area (Å²) in [6.45, 7) is -0.480. The van der Waals surface area contributed by atoms with Gasteiger partial charge in [-0.3, -0.25) is 4.79 Å². The molecule has 2 aromatic rings. The highest BCUT2D eigenvalue weighted by atomic mass is 35.5. The molecule has 0 aliphatic heterocycles. The molecule has 0 saturated heterocycles. The van der Waals surface area contributed by atoms with E-state index in [1.165, 1.54) is 33.5 Å². The monoisotopic (exact) mass is 411 g/mol. The van der Waals surface area contributed by atoms with Crippen LogP contribution in [0.25, 0.3) is 0 Å². The van der Waals surface area contributed by atoms with Gasteiger partial charge in [-0.15, -0.1) is 0 Å². The molecule has 0 heterocycles. The number of methoxy groups -OCH3 is 3. The molecule has 2 aromatic carbocycles. The third kappa shape index (κ3) is 5.26. The van der Waals surface area contributed by atoms with Crippen molar-refractivity contribution in [2.75, 3.05) is 27.9 Å². The minimum atomic E-state index is -0.965. The first-order valence-electron chi connectivity index (χ1n) is 8.07. The van der Waals surface area contributed by atoms with Crippen LogP contribution in [0.1, 0.15) is 15.9 Å². The van der Waals surface area contributed by atoms with Crippen molar-refractivity contribution in [3.63, 3.8) is 0 Å². The third-order valence-corrected chi connectivity index (χ3v) is 3.98. The summed E-state index contributed by atoms with van der Waals surface area (Å²) in [5, 5.41) is 2.73. The van der Waals surface area contributed by atoms with Gasteiger partial charge >= 0.3 is 5.97 Å². The molecule has 0 aliphatic rings. The second-order valence-electron chi connectivity index (χ2n) is 5.50. The maximum Gasteiger partial charge on any atom is 0.341 e. The maximum absolute atomic E-state index is 13.7. The van der Waals surface area contributed by atoms with Gasteiger partial charge in [-0.2, -0.15) is 0 Å². The van der Waals surface area contributed by atoms with E-state index < -0.39 is 24.3 Å². The largest absolute Gasteiger partial charge is 0.496 e. The molecule has 9 heteroatoms. The molecule has 2 rings (SSSR count). The Bertz CT molecular complexity index is 874. The van der Waals surface area contributed by atoms with Crippen molar-refractivity contribution < 1.29 is 32.9 Å². The first-order chi connectivity index (χ1) is 13.4. The van der Waals surface area contributed by atoms with Crippen molar-refractivity contribution in [3.05, 3.63) is 52.3 Å². The Labute approximate surface area is 166 Å². The first-order valence-corrected chi connectivity index (χ1v) is 8.45. The molecular formula is C19H19ClFNO6. The van der Waals surface area contributed by atoms with Gasteiger partial charge in [0, 0.05) is 23.2 Å². The molecule has 0 unspecified atom stereocenters. The van der Waals surface area contributed by atoms with Gasteiger partial charge in [0.25, 0.3) is 5.91 Å². The molecule has 0 aliphatic carbocycles. The van der Waals surface area contributed by atoms with Gasteiger partial charge in [0.15, 0.2) is 18.1 Å². The fourth-order valence-corrected chi connectivity index (χ4v) is 2.50. The molecule has 0 aromatic heterocycles. The zero-order valence-electron chi connectivity index (χ0n) is 15.5. The van der Waals surface area contributed by atoms with Crippen LogP contribution in [-0.4, -0.2) is 39.8 Å². The lowest BCUT2D eigenvalue weighted by Gasteiger charge is -2.14. The van der Waals surface area contributed by atoms with Crippen molar-refractivity contribution in [2.45, 2.75) is 6.54 Å². The van der Waals surface area contributed by atoms with Gasteiger partial charge in [-0.1, -0.05) is 11.6 Å². The highest BCUT2D eigenvalue weighted by Crippen LogP contribution is 2.34. The number of amides is 1. The number of carbonyl (C=O) groups is 2. The Hall–Kier alpha value is -3.00. The summed E-state index contributed by atoms with van der Waals surface area (Å²) in [6.07, 6.45) is 0. The average molecular weight is 412 g/mol. The second kappa shape index (κ2) is 9.80. The Morgan fingerprint density at radius 3 is 2.25 bits per heavy atom. The SMILES string of the molecule is COc1cc(OC)c(OC)cc1CNC(=O)COC(=O)c1ccc(Cl)cc1F. The minimum Gasteiger partial charge on any atom is -0.496 e. The first kappa shape index (κ1) is 21.3. The van der Waals surface area contributed by atoms with Crippen molar-refractivity contribution >= 4 is 23.5 Å². The lowest BCUT2D eigenvalue weighted by Crippen LogP contribution is -2.28. The van der Waals surface area contributed by atoms with Gasteiger partial charge < -0.3 is 24.3 Å². The zero-order valence-corrected chi connectivity index (χ0v) is 16.3. The van der Waals surface area contributed by atoms with E-state index in [2.05, 4.69) is 5.32 Å². The molecule has 0 bridgehead atoms. The number of benzene rings is 2. The smallest absolute Gasteiger partial charge is 0.341 e. The van der Waals surface area contributed by atoms with Crippen molar-refractivity contribution in [1.29, 1.82) is 0 Å². The summed E-state index contributed by atoms with van der Waals surface area (Å²) in [6, 6.07) is 6.81. The lowest BCUT2D eigenvalue weighted by molar-refractivity contribution is -0.124. The lowest BCUT2D eigenvalue weighted by atomic mass is 10.1. The van der Waals surface area contributed by atoms with Crippen molar-refractivity contribution in [3.8, 4) is 17.2 Å². The second-order valence-corrected chi connectivity index (χ2v) is 5.93. The van der Waals surface area contributed by atoms with Crippen LogP contribution in [0.3, 0.4) is 0 Å². The van der Waals surface area contributed by atoms with E-state index in [0.29, 0.717) is 22.8 Å². The zero-order chi connectivity index (χ0) is 20.7. The number of halogens is 2. The van der Waals surface area contributed by atoms with E-state index in [0.717, 1.165) is 6.07 Å². The highest BCUT2D eigenvalue weighted by molar-refractivity contribution is 6.30. The van der Waals surface area contributed by atoms with E-state index >= 15 is 0 Å². The Kier molecular flexibility index (Phi) is 7.45. The summed E-state index contributed by atoms with van der Waals surface area (Å²) in [5.41, 5.74) is 0.322. The molecule has 1 amide bonds. The van der Waals surface area contributed by atoms with Crippen LogP contribution in [0.5, 0.6) is 17.2 Å². The molecule has 7 nitrogen and oxygen atoms in total. The predicted molar refractivity (Wildman–Crippen MR) is 99.6 cm³/mol. The van der Waals surface area contributed by atoms with Crippen LogP contribution in [0, 0.1) is 5.82 Å². The van der Waals surface area contributed by atoms with Gasteiger partial charge in [-0.05, 0) is 24.3 Å². The molecule has 0 spiro atoms. The summed E-state index contributed by atoms with van der Waals surface area (Å²) in [7, 11) is 4.47.